The van der Waals surface area contributed by atoms with Crippen LogP contribution in [0.15, 0.2) is 0 Å². The number of carbonyl (C=O) groups excluding carboxylic acids is 1. The van der Waals surface area contributed by atoms with E-state index in [-0.39, 0.29) is 17.4 Å². The van der Waals surface area contributed by atoms with Crippen LogP contribution in [0.2, 0.25) is 0 Å². The second-order valence-corrected chi connectivity index (χ2v) is 6.38. The molecule has 2 rings (SSSR count). The molecular formula is C14H26N2O2. The molecule has 1 heterocycles. The van der Waals surface area contributed by atoms with Gasteiger partial charge in [-0.2, -0.15) is 0 Å². The molecular weight excluding hydrogens is 228 g/mol. The molecule has 2 aliphatic rings. The molecule has 0 aromatic rings. The first-order valence-electron chi connectivity index (χ1n) is 7.19. The van der Waals surface area contributed by atoms with Crippen LogP contribution in [0.5, 0.6) is 0 Å². The fraction of sp³-hybridized carbons (Fsp3) is 0.929. The van der Waals surface area contributed by atoms with Crippen molar-refractivity contribution in [1.82, 2.24) is 10.6 Å². The first-order chi connectivity index (χ1) is 8.51. The van der Waals surface area contributed by atoms with Crippen molar-refractivity contribution >= 4 is 5.91 Å². The first-order valence-corrected chi connectivity index (χ1v) is 7.19. The normalized spacial score (nSPS) is 26.7. The monoisotopic (exact) mass is 254 g/mol. The number of hydrogen-bond donors (Lipinski definition) is 3. The van der Waals surface area contributed by atoms with Crippen LogP contribution < -0.4 is 10.6 Å². The van der Waals surface area contributed by atoms with E-state index in [0.717, 1.165) is 38.8 Å². The molecule has 4 heteroatoms. The third kappa shape index (κ3) is 3.23. The van der Waals surface area contributed by atoms with Gasteiger partial charge in [0.2, 0.25) is 5.91 Å². The van der Waals surface area contributed by atoms with Gasteiger partial charge in [0.15, 0.2) is 0 Å². The van der Waals surface area contributed by atoms with E-state index in [1.807, 2.05) is 13.8 Å². The molecule has 0 aromatic heterocycles. The van der Waals surface area contributed by atoms with Crippen molar-refractivity contribution in [2.45, 2.75) is 45.6 Å². The number of aliphatic hydroxyl groups is 1. The quantitative estimate of drug-likeness (QED) is 0.683. The number of amides is 1. The molecule has 0 bridgehead atoms. The number of piperidine rings is 1. The van der Waals surface area contributed by atoms with Crippen molar-refractivity contribution in [1.29, 1.82) is 0 Å². The van der Waals surface area contributed by atoms with Crippen LogP contribution >= 0.6 is 0 Å². The molecule has 104 valence electrons. The van der Waals surface area contributed by atoms with Gasteiger partial charge in [0.1, 0.15) is 0 Å². The predicted molar refractivity (Wildman–Crippen MR) is 71.1 cm³/mol. The Labute approximate surface area is 110 Å². The van der Waals surface area contributed by atoms with Crippen molar-refractivity contribution < 1.29 is 9.90 Å². The zero-order valence-corrected chi connectivity index (χ0v) is 11.5. The number of nitrogens with one attached hydrogen (secondary N) is 2. The smallest absolute Gasteiger partial charge is 0.226 e. The maximum absolute atomic E-state index is 12.3. The van der Waals surface area contributed by atoms with Crippen molar-refractivity contribution in [3.05, 3.63) is 0 Å². The molecule has 0 spiro atoms. The second-order valence-electron chi connectivity index (χ2n) is 6.38. The summed E-state index contributed by atoms with van der Waals surface area (Å²) in [4.78, 5) is 12.3. The molecule has 1 amide bonds. The Bertz CT molecular complexity index is 294. The van der Waals surface area contributed by atoms with Gasteiger partial charge in [-0.25, -0.2) is 0 Å². The van der Waals surface area contributed by atoms with Gasteiger partial charge in [-0.15, -0.1) is 0 Å². The van der Waals surface area contributed by atoms with Crippen LogP contribution in [0, 0.1) is 17.3 Å². The molecule has 1 saturated carbocycles. The van der Waals surface area contributed by atoms with Gasteiger partial charge >= 0.3 is 0 Å². The third-order valence-electron chi connectivity index (χ3n) is 4.54. The van der Waals surface area contributed by atoms with E-state index in [2.05, 4.69) is 10.6 Å². The van der Waals surface area contributed by atoms with Gasteiger partial charge in [-0.3, -0.25) is 4.79 Å². The standard InChI is InChI=1S/C14H26N2O2/c1-14(2,11-4-3-7-15-8-11)13(18)16-9-12(17)10-5-6-10/h10-12,15,17H,3-9H2,1-2H3,(H,16,18). The van der Waals surface area contributed by atoms with Gasteiger partial charge in [0, 0.05) is 12.0 Å². The number of rotatable bonds is 5. The zero-order chi connectivity index (χ0) is 13.2. The molecule has 1 aliphatic carbocycles. The highest BCUT2D eigenvalue weighted by atomic mass is 16.3. The van der Waals surface area contributed by atoms with E-state index in [0.29, 0.717) is 18.4 Å². The van der Waals surface area contributed by atoms with Crippen LogP contribution in [0.3, 0.4) is 0 Å². The van der Waals surface area contributed by atoms with E-state index >= 15 is 0 Å². The Balaban J connectivity index is 1.81. The average molecular weight is 254 g/mol. The number of aliphatic hydroxyl groups excluding tert-OH is 1. The van der Waals surface area contributed by atoms with E-state index in [9.17, 15) is 9.90 Å². The lowest BCUT2D eigenvalue weighted by Gasteiger charge is -2.36. The number of carbonyl (C=O) groups is 1. The molecule has 2 atom stereocenters. The Kier molecular flexibility index (Phi) is 4.28. The van der Waals surface area contributed by atoms with Crippen molar-refractivity contribution in [2.75, 3.05) is 19.6 Å². The molecule has 3 N–H and O–H groups in total. The first kappa shape index (κ1) is 13.8. The van der Waals surface area contributed by atoms with Crippen molar-refractivity contribution in [2.24, 2.45) is 17.3 Å². The summed E-state index contributed by atoms with van der Waals surface area (Å²) in [6.45, 7) is 6.43. The third-order valence-corrected chi connectivity index (χ3v) is 4.54. The lowest BCUT2D eigenvalue weighted by molar-refractivity contribution is -0.133. The van der Waals surface area contributed by atoms with E-state index in [1.54, 1.807) is 0 Å². The molecule has 4 nitrogen and oxygen atoms in total. The number of hydrogen-bond acceptors (Lipinski definition) is 3. The SMILES string of the molecule is CC(C)(C(=O)NCC(O)C1CC1)C1CCCNC1. The molecule has 0 aromatic carbocycles. The summed E-state index contributed by atoms with van der Waals surface area (Å²) in [5, 5.41) is 16.1. The lowest BCUT2D eigenvalue weighted by atomic mass is 9.74. The molecule has 0 radical (unpaired) electrons. The van der Waals surface area contributed by atoms with E-state index < -0.39 is 0 Å². The second kappa shape index (κ2) is 5.57. The van der Waals surface area contributed by atoms with Crippen molar-refractivity contribution in [3.8, 4) is 0 Å². The highest BCUT2D eigenvalue weighted by molar-refractivity contribution is 5.82. The van der Waals surface area contributed by atoms with Gasteiger partial charge in [-0.05, 0) is 50.6 Å². The zero-order valence-electron chi connectivity index (χ0n) is 11.5. The van der Waals surface area contributed by atoms with Gasteiger partial charge in [0.05, 0.1) is 6.10 Å². The Morgan fingerprint density at radius 2 is 2.17 bits per heavy atom. The molecule has 18 heavy (non-hydrogen) atoms. The largest absolute Gasteiger partial charge is 0.391 e. The van der Waals surface area contributed by atoms with Crippen LogP contribution in [0.25, 0.3) is 0 Å². The van der Waals surface area contributed by atoms with Crippen LogP contribution in [0.4, 0.5) is 0 Å². The summed E-state index contributed by atoms with van der Waals surface area (Å²) < 4.78 is 0. The Hall–Kier alpha value is -0.610. The van der Waals surface area contributed by atoms with Crippen LogP contribution in [-0.2, 0) is 4.79 Å². The van der Waals surface area contributed by atoms with Gasteiger partial charge in [-0.1, -0.05) is 13.8 Å². The fourth-order valence-electron chi connectivity index (χ4n) is 2.73. The minimum atomic E-state index is -0.353. The summed E-state index contributed by atoms with van der Waals surface area (Å²) >= 11 is 0. The van der Waals surface area contributed by atoms with Crippen molar-refractivity contribution in [3.63, 3.8) is 0 Å². The summed E-state index contributed by atoms with van der Waals surface area (Å²) in [5.41, 5.74) is -0.351. The van der Waals surface area contributed by atoms with E-state index in [4.69, 9.17) is 0 Å². The summed E-state index contributed by atoms with van der Waals surface area (Å²) in [6.07, 6.45) is 4.11. The predicted octanol–water partition coefficient (Wildman–Crippen LogP) is 0.899. The topological polar surface area (TPSA) is 61.4 Å². The maximum atomic E-state index is 12.3. The maximum Gasteiger partial charge on any atom is 0.226 e. The fourth-order valence-corrected chi connectivity index (χ4v) is 2.73. The average Bonchev–Trinajstić information content (AvgIpc) is 3.20. The molecule has 2 fully saturated rings. The minimum Gasteiger partial charge on any atom is -0.391 e. The minimum absolute atomic E-state index is 0.0795. The molecule has 1 saturated heterocycles. The van der Waals surface area contributed by atoms with Crippen LogP contribution in [0.1, 0.15) is 39.5 Å². The summed E-state index contributed by atoms with van der Waals surface area (Å²) in [5.74, 6) is 0.893. The molecule has 1 aliphatic heterocycles. The van der Waals surface area contributed by atoms with Gasteiger partial charge in [0.25, 0.3) is 0 Å². The van der Waals surface area contributed by atoms with Gasteiger partial charge < -0.3 is 15.7 Å². The van der Waals surface area contributed by atoms with Crippen LogP contribution in [-0.4, -0.2) is 36.8 Å². The summed E-state index contributed by atoms with van der Waals surface area (Å²) in [6, 6.07) is 0. The Morgan fingerprint density at radius 1 is 1.44 bits per heavy atom. The highest BCUT2D eigenvalue weighted by Crippen LogP contribution is 2.33. The summed E-state index contributed by atoms with van der Waals surface area (Å²) in [7, 11) is 0. The Morgan fingerprint density at radius 3 is 2.72 bits per heavy atom. The highest BCUT2D eigenvalue weighted by Gasteiger charge is 2.38. The lowest BCUT2D eigenvalue weighted by Crippen LogP contribution is -2.48. The molecule has 2 unspecified atom stereocenters. The van der Waals surface area contributed by atoms with E-state index in [1.165, 1.54) is 0 Å².